The zero-order valence-corrected chi connectivity index (χ0v) is 5.22. The van der Waals surface area contributed by atoms with Gasteiger partial charge in [0.05, 0.1) is 0 Å². The third kappa shape index (κ3) is 1.39. The second-order valence-corrected chi connectivity index (χ2v) is 1.97. The third-order valence-corrected chi connectivity index (χ3v) is 1.17. The SMILES string of the molecule is [3H]C(=O)c1ccc(C)cc1. The number of hydrogen-bond donors (Lipinski definition) is 0. The molecule has 46 valence electrons. The molecule has 0 spiro atoms. The molecule has 0 heterocycles. The molecule has 0 radical (unpaired) electrons. The van der Waals surface area contributed by atoms with Crippen molar-refractivity contribution in [1.82, 2.24) is 0 Å². The maximum Gasteiger partial charge on any atom is 0.150 e. The Bertz CT molecular complexity index is 238. The topological polar surface area (TPSA) is 17.1 Å². The second kappa shape index (κ2) is 2.44. The lowest BCUT2D eigenvalue weighted by Gasteiger charge is -1.89. The van der Waals surface area contributed by atoms with Crippen molar-refractivity contribution < 1.29 is 6.17 Å². The summed E-state index contributed by atoms with van der Waals surface area (Å²) in [5, 5.41) is 0. The molecule has 1 nitrogen and oxygen atoms in total. The van der Waals surface area contributed by atoms with E-state index >= 15 is 0 Å². The van der Waals surface area contributed by atoms with Crippen LogP contribution in [0.25, 0.3) is 0 Å². The van der Waals surface area contributed by atoms with Crippen LogP contribution in [0, 0.1) is 6.92 Å². The molecule has 0 aliphatic rings. The van der Waals surface area contributed by atoms with Crippen molar-refractivity contribution in [3.05, 3.63) is 35.4 Å². The first-order chi connectivity index (χ1) is 4.70. The molecule has 1 rings (SSSR count). The molecule has 0 aliphatic carbocycles. The molecular formula is C8H8O. The van der Waals surface area contributed by atoms with Crippen molar-refractivity contribution in [2.24, 2.45) is 0 Å². The summed E-state index contributed by atoms with van der Waals surface area (Å²) < 4.78 is 6.75. The number of carbonyl (C=O) groups excluding carboxylic acids is 1. The van der Waals surface area contributed by atoms with Crippen LogP contribution >= 0.6 is 0 Å². The van der Waals surface area contributed by atoms with E-state index in [1.165, 1.54) is 0 Å². The lowest BCUT2D eigenvalue weighted by Crippen LogP contribution is -1.77. The number of rotatable bonds is 1. The Labute approximate surface area is 55.7 Å². The molecule has 0 saturated carbocycles. The first-order valence-corrected chi connectivity index (χ1v) is 2.78. The summed E-state index contributed by atoms with van der Waals surface area (Å²) in [5.74, 6) is 0. The Morgan fingerprint density at radius 2 is 2.00 bits per heavy atom. The molecule has 1 aromatic rings. The number of carbonyl (C=O) groups is 1. The van der Waals surface area contributed by atoms with Crippen molar-refractivity contribution in [3.8, 4) is 0 Å². The minimum Gasteiger partial charge on any atom is -0.298 e. The molecule has 0 amide bonds. The molecule has 0 saturated heterocycles. The summed E-state index contributed by atoms with van der Waals surface area (Å²) in [6.45, 7) is 1.94. The maximum atomic E-state index is 10.4. The Morgan fingerprint density at radius 3 is 2.44 bits per heavy atom. The van der Waals surface area contributed by atoms with Gasteiger partial charge in [-0.15, -0.1) is 0 Å². The maximum absolute atomic E-state index is 10.4. The number of aryl methyl sites for hydroxylation is 1. The van der Waals surface area contributed by atoms with Crippen LogP contribution in [0.1, 0.15) is 17.3 Å². The van der Waals surface area contributed by atoms with Gasteiger partial charge < -0.3 is 0 Å². The Hall–Kier alpha value is -1.11. The number of benzene rings is 1. The Kier molecular flexibility index (Phi) is 1.29. The molecule has 0 N–H and O–H groups in total. The Balaban J connectivity index is 3.00. The van der Waals surface area contributed by atoms with Gasteiger partial charge in [-0.1, -0.05) is 29.8 Å². The molecule has 0 bridgehead atoms. The fraction of sp³-hybridized carbons (Fsp3) is 0.125. The van der Waals surface area contributed by atoms with Crippen LogP contribution in [-0.2, 0) is 0 Å². The largest absolute Gasteiger partial charge is 0.298 e. The molecule has 1 aromatic carbocycles. The van der Waals surface area contributed by atoms with Gasteiger partial charge in [0.25, 0.3) is 0 Å². The lowest BCUT2D eigenvalue weighted by molar-refractivity contribution is 0.112. The average molecular weight is 122 g/mol. The van der Waals surface area contributed by atoms with E-state index in [0.29, 0.717) is 5.56 Å². The molecule has 9 heavy (non-hydrogen) atoms. The summed E-state index contributed by atoms with van der Waals surface area (Å²) in [7, 11) is 0. The van der Waals surface area contributed by atoms with E-state index in [9.17, 15) is 4.79 Å². The van der Waals surface area contributed by atoms with Gasteiger partial charge in [0.1, 0.15) is 7.63 Å². The van der Waals surface area contributed by atoms with Gasteiger partial charge in [0, 0.05) is 5.56 Å². The molecule has 0 fully saturated rings. The van der Waals surface area contributed by atoms with E-state index in [4.69, 9.17) is 1.37 Å². The third-order valence-electron chi connectivity index (χ3n) is 1.17. The van der Waals surface area contributed by atoms with Crippen LogP contribution in [-0.4, -0.2) is 6.26 Å². The minimum absolute atomic E-state index is 0.450. The van der Waals surface area contributed by atoms with Crippen LogP contribution in [0.3, 0.4) is 0 Å². The zero-order valence-electron chi connectivity index (χ0n) is 6.22. The van der Waals surface area contributed by atoms with Crippen LogP contribution in [0.2, 0.25) is 0 Å². The monoisotopic (exact) mass is 122 g/mol. The van der Waals surface area contributed by atoms with Crippen molar-refractivity contribution in [2.45, 2.75) is 6.92 Å². The highest BCUT2D eigenvalue weighted by Gasteiger charge is 1.85. The fourth-order valence-electron chi connectivity index (χ4n) is 0.622. The number of aldehydes is 1. The number of hydrogen-bond acceptors (Lipinski definition) is 1. The lowest BCUT2D eigenvalue weighted by atomic mass is 10.2. The van der Waals surface area contributed by atoms with Gasteiger partial charge in [-0.05, 0) is 6.92 Å². The highest BCUT2D eigenvalue weighted by atomic mass is 16.1. The standard InChI is InChI=1S/C8H8O/c1-7-2-4-8(6-9)5-3-7/h2-6H,1H3/i6T. The van der Waals surface area contributed by atoms with Gasteiger partial charge in [-0.3, -0.25) is 4.79 Å². The van der Waals surface area contributed by atoms with Gasteiger partial charge in [0.15, 0.2) is 0 Å². The summed E-state index contributed by atoms with van der Waals surface area (Å²) in [6.07, 6.45) is -0.625. The van der Waals surface area contributed by atoms with E-state index in [2.05, 4.69) is 0 Å². The zero-order chi connectivity index (χ0) is 7.56. The van der Waals surface area contributed by atoms with Crippen molar-refractivity contribution in [1.29, 1.82) is 0 Å². The second-order valence-electron chi connectivity index (χ2n) is 1.97. The predicted octanol–water partition coefficient (Wildman–Crippen LogP) is 1.81. The molecule has 0 unspecified atom stereocenters. The first kappa shape index (κ1) is 4.74. The highest BCUT2D eigenvalue weighted by molar-refractivity contribution is 5.74. The summed E-state index contributed by atoms with van der Waals surface area (Å²) in [5.41, 5.74) is 1.55. The van der Waals surface area contributed by atoms with Gasteiger partial charge in [-0.25, -0.2) is 0 Å². The van der Waals surface area contributed by atoms with Gasteiger partial charge in [0.2, 0.25) is 0 Å². The molecular weight excluding hydrogens is 112 g/mol. The predicted molar refractivity (Wildman–Crippen MR) is 36.6 cm³/mol. The first-order valence-electron chi connectivity index (χ1n) is 3.28. The van der Waals surface area contributed by atoms with Gasteiger partial charge >= 0.3 is 0 Å². The van der Waals surface area contributed by atoms with Crippen LogP contribution in [0.5, 0.6) is 0 Å². The van der Waals surface area contributed by atoms with Crippen LogP contribution in [0.15, 0.2) is 24.3 Å². The average Bonchev–Trinajstić information content (AvgIpc) is 1.88. The van der Waals surface area contributed by atoms with Crippen molar-refractivity contribution >= 4 is 6.26 Å². The molecule has 0 atom stereocenters. The van der Waals surface area contributed by atoms with Crippen molar-refractivity contribution in [3.63, 3.8) is 0 Å². The van der Waals surface area contributed by atoms with Crippen LogP contribution in [0.4, 0.5) is 0 Å². The normalized spacial score (nSPS) is 10.6. The quantitative estimate of drug-likeness (QED) is 0.519. The van der Waals surface area contributed by atoms with E-state index < -0.39 is 6.26 Å². The highest BCUT2D eigenvalue weighted by Crippen LogP contribution is 1.98. The summed E-state index contributed by atoms with van der Waals surface area (Å²) >= 11 is 0. The molecule has 0 aromatic heterocycles. The smallest absolute Gasteiger partial charge is 0.150 e. The van der Waals surface area contributed by atoms with E-state index in [1.807, 2.05) is 19.1 Å². The molecule has 0 aliphatic heterocycles. The van der Waals surface area contributed by atoms with E-state index in [0.717, 1.165) is 5.56 Å². The van der Waals surface area contributed by atoms with E-state index in [-0.39, 0.29) is 0 Å². The van der Waals surface area contributed by atoms with Crippen molar-refractivity contribution in [2.75, 3.05) is 0 Å². The fourth-order valence-corrected chi connectivity index (χ4v) is 0.622. The minimum atomic E-state index is -0.625. The summed E-state index contributed by atoms with van der Waals surface area (Å²) in [4.78, 5) is 10.4. The van der Waals surface area contributed by atoms with E-state index in [1.54, 1.807) is 12.1 Å². The van der Waals surface area contributed by atoms with Crippen LogP contribution < -0.4 is 0 Å². The van der Waals surface area contributed by atoms with Gasteiger partial charge in [-0.2, -0.15) is 0 Å². The summed E-state index contributed by atoms with van der Waals surface area (Å²) in [6, 6.07) is 6.96. The Morgan fingerprint density at radius 1 is 1.44 bits per heavy atom. The molecule has 1 heteroatoms.